The molecule has 1 N–H and O–H groups in total. The van der Waals surface area contributed by atoms with E-state index in [0.717, 1.165) is 12.8 Å². The standard InChI is InChI=1S/C17H28O2/c1-16(2)10-6-8-13-14(16)11-12(17(13,3)4)7-5-9-15(18)19/h12H,5-11H2,1-4H3,(H,18,19). The number of allylic oxidation sites excluding steroid dienone is 2. The van der Waals surface area contributed by atoms with Gasteiger partial charge in [-0.05, 0) is 55.3 Å². The van der Waals surface area contributed by atoms with Crippen LogP contribution in [-0.4, -0.2) is 11.1 Å². The monoisotopic (exact) mass is 264 g/mol. The van der Waals surface area contributed by atoms with Crippen LogP contribution in [0.4, 0.5) is 0 Å². The summed E-state index contributed by atoms with van der Waals surface area (Å²) in [5.41, 5.74) is 4.05. The second-order valence-electron chi connectivity index (χ2n) is 7.60. The van der Waals surface area contributed by atoms with Crippen molar-refractivity contribution in [1.82, 2.24) is 0 Å². The van der Waals surface area contributed by atoms with Crippen molar-refractivity contribution in [3.63, 3.8) is 0 Å². The minimum Gasteiger partial charge on any atom is -0.481 e. The second kappa shape index (κ2) is 4.96. The molecule has 108 valence electrons. The van der Waals surface area contributed by atoms with Crippen molar-refractivity contribution in [1.29, 1.82) is 0 Å². The van der Waals surface area contributed by atoms with Crippen LogP contribution in [0, 0.1) is 16.7 Å². The van der Waals surface area contributed by atoms with Gasteiger partial charge in [0.25, 0.3) is 0 Å². The molecule has 0 saturated heterocycles. The minimum atomic E-state index is -0.658. The fourth-order valence-electron chi connectivity index (χ4n) is 4.24. The number of aliphatic carboxylic acids is 1. The lowest BCUT2D eigenvalue weighted by molar-refractivity contribution is -0.137. The molecule has 1 atom stereocenters. The van der Waals surface area contributed by atoms with Crippen LogP contribution >= 0.6 is 0 Å². The molecule has 2 aliphatic carbocycles. The van der Waals surface area contributed by atoms with E-state index in [1.54, 1.807) is 11.1 Å². The highest BCUT2D eigenvalue weighted by molar-refractivity contribution is 5.66. The Morgan fingerprint density at radius 1 is 1.26 bits per heavy atom. The summed E-state index contributed by atoms with van der Waals surface area (Å²) in [7, 11) is 0. The van der Waals surface area contributed by atoms with Crippen molar-refractivity contribution in [2.75, 3.05) is 0 Å². The van der Waals surface area contributed by atoms with Gasteiger partial charge in [0.05, 0.1) is 0 Å². The second-order valence-corrected chi connectivity index (χ2v) is 7.60. The summed E-state index contributed by atoms with van der Waals surface area (Å²) in [6.07, 6.45) is 7.30. The number of hydrogen-bond donors (Lipinski definition) is 1. The fourth-order valence-corrected chi connectivity index (χ4v) is 4.24. The zero-order valence-corrected chi connectivity index (χ0v) is 12.9. The van der Waals surface area contributed by atoms with E-state index in [-0.39, 0.29) is 5.41 Å². The molecule has 0 saturated carbocycles. The predicted octanol–water partition coefficient (Wildman–Crippen LogP) is 4.79. The summed E-state index contributed by atoms with van der Waals surface area (Å²) in [6, 6.07) is 0. The first-order chi connectivity index (χ1) is 8.75. The Morgan fingerprint density at radius 2 is 1.95 bits per heavy atom. The van der Waals surface area contributed by atoms with E-state index in [1.165, 1.54) is 25.7 Å². The molecule has 0 spiro atoms. The normalized spacial score (nSPS) is 28.3. The van der Waals surface area contributed by atoms with Crippen molar-refractivity contribution in [3.05, 3.63) is 11.1 Å². The van der Waals surface area contributed by atoms with Crippen LogP contribution in [0.25, 0.3) is 0 Å². The summed E-state index contributed by atoms with van der Waals surface area (Å²) >= 11 is 0. The summed E-state index contributed by atoms with van der Waals surface area (Å²) in [5, 5.41) is 8.80. The maximum atomic E-state index is 10.7. The highest BCUT2D eigenvalue weighted by Crippen LogP contribution is 2.58. The number of carboxylic acids is 1. The van der Waals surface area contributed by atoms with E-state index < -0.39 is 5.97 Å². The third-order valence-corrected chi connectivity index (χ3v) is 5.60. The lowest BCUT2D eigenvalue weighted by Crippen LogP contribution is -2.23. The average molecular weight is 264 g/mol. The van der Waals surface area contributed by atoms with Gasteiger partial charge in [-0.1, -0.05) is 38.8 Å². The van der Waals surface area contributed by atoms with Crippen molar-refractivity contribution < 1.29 is 9.90 Å². The molecule has 0 aromatic heterocycles. The highest BCUT2D eigenvalue weighted by atomic mass is 16.4. The van der Waals surface area contributed by atoms with Crippen LogP contribution in [0.3, 0.4) is 0 Å². The topological polar surface area (TPSA) is 37.3 Å². The molecule has 1 unspecified atom stereocenters. The highest BCUT2D eigenvalue weighted by Gasteiger charge is 2.45. The zero-order valence-electron chi connectivity index (χ0n) is 12.9. The first-order valence-electron chi connectivity index (χ1n) is 7.70. The number of hydrogen-bond acceptors (Lipinski definition) is 1. The number of rotatable bonds is 4. The Kier molecular flexibility index (Phi) is 3.81. The van der Waals surface area contributed by atoms with Crippen molar-refractivity contribution in [2.24, 2.45) is 16.7 Å². The maximum absolute atomic E-state index is 10.7. The molecule has 2 nitrogen and oxygen atoms in total. The molecule has 0 radical (unpaired) electrons. The van der Waals surface area contributed by atoms with Crippen LogP contribution in [0.2, 0.25) is 0 Å². The largest absolute Gasteiger partial charge is 0.481 e. The van der Waals surface area contributed by atoms with Crippen LogP contribution in [0.1, 0.15) is 72.6 Å². The lowest BCUT2D eigenvalue weighted by Gasteiger charge is -2.36. The van der Waals surface area contributed by atoms with E-state index >= 15 is 0 Å². The van der Waals surface area contributed by atoms with Gasteiger partial charge in [0.2, 0.25) is 0 Å². The van der Waals surface area contributed by atoms with Crippen LogP contribution in [0.5, 0.6) is 0 Å². The van der Waals surface area contributed by atoms with Crippen molar-refractivity contribution >= 4 is 5.97 Å². The predicted molar refractivity (Wildman–Crippen MR) is 78.0 cm³/mol. The van der Waals surface area contributed by atoms with E-state index in [1.807, 2.05) is 0 Å². The smallest absolute Gasteiger partial charge is 0.303 e. The van der Waals surface area contributed by atoms with E-state index in [0.29, 0.717) is 17.8 Å². The van der Waals surface area contributed by atoms with E-state index in [4.69, 9.17) is 5.11 Å². The van der Waals surface area contributed by atoms with Gasteiger partial charge in [-0.15, -0.1) is 0 Å². The van der Waals surface area contributed by atoms with Crippen LogP contribution in [0.15, 0.2) is 11.1 Å². The van der Waals surface area contributed by atoms with E-state index in [9.17, 15) is 4.79 Å². The van der Waals surface area contributed by atoms with E-state index in [2.05, 4.69) is 27.7 Å². The molecule has 19 heavy (non-hydrogen) atoms. The molecular weight excluding hydrogens is 236 g/mol. The fraction of sp³-hybridized carbons (Fsp3) is 0.824. The number of carboxylic acid groups (broad SMARTS) is 1. The van der Waals surface area contributed by atoms with Gasteiger partial charge in [0, 0.05) is 6.42 Å². The third kappa shape index (κ3) is 2.73. The first-order valence-corrected chi connectivity index (χ1v) is 7.70. The lowest BCUT2D eigenvalue weighted by atomic mass is 9.69. The molecule has 2 aliphatic rings. The maximum Gasteiger partial charge on any atom is 0.303 e. The minimum absolute atomic E-state index is 0.283. The molecule has 0 aromatic rings. The molecule has 0 fully saturated rings. The number of carbonyl (C=O) groups is 1. The molecule has 0 bridgehead atoms. The van der Waals surface area contributed by atoms with Crippen LogP contribution < -0.4 is 0 Å². The molecule has 0 amide bonds. The van der Waals surface area contributed by atoms with Gasteiger partial charge >= 0.3 is 5.97 Å². The molecule has 2 rings (SSSR count). The summed E-state index contributed by atoms with van der Waals surface area (Å²) in [4.78, 5) is 10.7. The van der Waals surface area contributed by atoms with Gasteiger partial charge < -0.3 is 5.11 Å². The van der Waals surface area contributed by atoms with Crippen LogP contribution in [-0.2, 0) is 4.79 Å². The van der Waals surface area contributed by atoms with Gasteiger partial charge in [0.1, 0.15) is 0 Å². The Labute approximate surface area is 117 Å². The van der Waals surface area contributed by atoms with Gasteiger partial charge in [-0.25, -0.2) is 0 Å². The van der Waals surface area contributed by atoms with Gasteiger partial charge in [-0.2, -0.15) is 0 Å². The summed E-state index contributed by atoms with van der Waals surface area (Å²) in [5.74, 6) is -0.0110. The van der Waals surface area contributed by atoms with Crippen molar-refractivity contribution in [3.8, 4) is 0 Å². The SMILES string of the molecule is CC1(C)CCCC2=C1CC(CCCC(=O)O)C2(C)C. The zero-order chi connectivity index (χ0) is 14.3. The quantitative estimate of drug-likeness (QED) is 0.741. The Morgan fingerprint density at radius 3 is 2.53 bits per heavy atom. The van der Waals surface area contributed by atoms with Gasteiger partial charge in [-0.3, -0.25) is 4.79 Å². The molecule has 0 aromatic carbocycles. The summed E-state index contributed by atoms with van der Waals surface area (Å²) < 4.78 is 0. The molecule has 2 heteroatoms. The first kappa shape index (κ1) is 14.6. The molecule has 0 aliphatic heterocycles. The molecule has 0 heterocycles. The molecular formula is C17H28O2. The summed E-state index contributed by atoms with van der Waals surface area (Å²) in [6.45, 7) is 9.53. The van der Waals surface area contributed by atoms with Crippen molar-refractivity contribution in [2.45, 2.75) is 72.6 Å². The van der Waals surface area contributed by atoms with Gasteiger partial charge in [0.15, 0.2) is 0 Å². The third-order valence-electron chi connectivity index (χ3n) is 5.60. The Hall–Kier alpha value is -0.790. The average Bonchev–Trinajstić information content (AvgIpc) is 2.52. The Bertz CT molecular complexity index is 401. The Balaban J connectivity index is 2.10.